The summed E-state index contributed by atoms with van der Waals surface area (Å²) in [5.41, 5.74) is 38.5. The molecule has 0 aliphatic carbocycles. The van der Waals surface area contributed by atoms with Crippen LogP contribution in [0.5, 0.6) is 0 Å². The summed E-state index contributed by atoms with van der Waals surface area (Å²) >= 11 is 0. The quantitative estimate of drug-likeness (QED) is 0.0160. The van der Waals surface area contributed by atoms with E-state index in [1.54, 1.807) is 13.8 Å². The molecular weight excluding hydrogens is 1220 g/mol. The molecule has 94 heavy (non-hydrogen) atoms. The number of unbranched alkanes of at least 4 members (excludes halogenated alkanes) is 10. The lowest BCUT2D eigenvalue weighted by Gasteiger charge is -2.32. The number of primary amides is 3. The third-order valence-electron chi connectivity index (χ3n) is 16.8. The van der Waals surface area contributed by atoms with Crippen molar-refractivity contribution in [3.63, 3.8) is 0 Å². The van der Waals surface area contributed by atoms with Crippen LogP contribution in [0.15, 0.2) is 9.98 Å². The molecule has 0 aromatic carbocycles. The molecule has 10 unspecified atom stereocenters. The predicted molar refractivity (Wildman–Crippen MR) is 348 cm³/mol. The highest BCUT2D eigenvalue weighted by atomic mass is 16.3. The Balaban J connectivity index is 1.76. The zero-order valence-corrected chi connectivity index (χ0v) is 55.3. The van der Waals surface area contributed by atoms with E-state index >= 15 is 0 Å². The van der Waals surface area contributed by atoms with E-state index in [-0.39, 0.29) is 109 Å². The molecule has 33 heteroatoms. The third-order valence-corrected chi connectivity index (χ3v) is 16.8. The van der Waals surface area contributed by atoms with Crippen LogP contribution >= 0.6 is 0 Å². The predicted octanol–water partition coefficient (Wildman–Crippen LogP) is -3.54. The van der Waals surface area contributed by atoms with Crippen molar-refractivity contribution in [2.45, 2.75) is 249 Å². The molecule has 3 aliphatic heterocycles. The van der Waals surface area contributed by atoms with Crippen molar-refractivity contribution >= 4 is 88.7 Å². The zero-order chi connectivity index (χ0) is 70.0. The first kappa shape index (κ1) is 79.8. The van der Waals surface area contributed by atoms with Gasteiger partial charge in [-0.1, -0.05) is 85.0 Å². The number of hydrogen-bond donors (Lipinski definition) is 15. The van der Waals surface area contributed by atoms with Gasteiger partial charge in [-0.25, -0.2) is 0 Å². The van der Waals surface area contributed by atoms with E-state index in [4.69, 9.17) is 40.1 Å². The minimum atomic E-state index is -1.72. The summed E-state index contributed by atoms with van der Waals surface area (Å²) < 4.78 is 0. The highest BCUT2D eigenvalue weighted by molar-refractivity contribution is 6.00. The van der Waals surface area contributed by atoms with Crippen molar-refractivity contribution in [2.75, 3.05) is 39.3 Å². The second kappa shape index (κ2) is 42.0. The lowest BCUT2D eigenvalue weighted by molar-refractivity contribution is -0.144. The second-order valence-corrected chi connectivity index (χ2v) is 24.8. The smallest absolute Gasteiger partial charge is 0.246 e. The molecule has 0 radical (unpaired) electrons. The van der Waals surface area contributed by atoms with E-state index in [0.29, 0.717) is 25.7 Å². The molecule has 3 aliphatic rings. The lowest BCUT2D eigenvalue weighted by atomic mass is 10.0. The number of amides is 13. The largest absolute Gasteiger partial charge is 0.394 e. The Labute approximate surface area is 550 Å². The molecule has 0 bridgehead atoms. The topological polar surface area (TPSA) is 543 Å². The van der Waals surface area contributed by atoms with Gasteiger partial charge in [-0.2, -0.15) is 0 Å². The summed E-state index contributed by atoms with van der Waals surface area (Å²) in [6.07, 6.45) is 12.5. The van der Waals surface area contributed by atoms with Gasteiger partial charge in [0.05, 0.1) is 13.0 Å². The van der Waals surface area contributed by atoms with Crippen LogP contribution < -0.4 is 77.4 Å². The molecule has 3 rings (SSSR count). The fraction of sp³-hybridized carbons (Fsp3) is 0.754. The van der Waals surface area contributed by atoms with Crippen LogP contribution in [0, 0.1) is 5.92 Å². The number of likely N-dealkylation sites (tertiary alicyclic amines) is 3. The fourth-order valence-corrected chi connectivity index (χ4v) is 11.7. The highest BCUT2D eigenvalue weighted by Crippen LogP contribution is 2.24. The van der Waals surface area contributed by atoms with Crippen molar-refractivity contribution in [3.05, 3.63) is 0 Å². The van der Waals surface area contributed by atoms with E-state index < -0.39 is 156 Å². The summed E-state index contributed by atoms with van der Waals surface area (Å²) in [5.74, 6) is -11.4. The second-order valence-electron chi connectivity index (χ2n) is 24.8. The molecule has 0 spiro atoms. The summed E-state index contributed by atoms with van der Waals surface area (Å²) in [6.45, 7) is 6.18. The number of aliphatic hydroxyl groups excluding tert-OH is 1. The van der Waals surface area contributed by atoms with Crippen molar-refractivity contribution in [1.29, 1.82) is 0 Å². The van der Waals surface area contributed by atoms with Crippen molar-refractivity contribution in [2.24, 2.45) is 56.0 Å². The summed E-state index contributed by atoms with van der Waals surface area (Å²) in [6, 6.07) is -13.3. The molecule has 22 N–H and O–H groups in total. The number of rotatable bonds is 44. The maximum absolute atomic E-state index is 14.6. The number of guanidine groups is 2. The Bertz CT molecular complexity index is 2640. The van der Waals surface area contributed by atoms with Gasteiger partial charge in [0.2, 0.25) is 76.8 Å². The molecule has 13 amide bonds. The number of carbonyl (C=O) groups is 13. The molecule has 3 fully saturated rings. The molecule has 0 aromatic heterocycles. The van der Waals surface area contributed by atoms with E-state index in [2.05, 4.69) is 54.1 Å². The van der Waals surface area contributed by atoms with Crippen LogP contribution in [0.1, 0.15) is 188 Å². The van der Waals surface area contributed by atoms with E-state index in [0.717, 1.165) is 30.6 Å². The van der Waals surface area contributed by atoms with Gasteiger partial charge < -0.3 is 97.2 Å². The van der Waals surface area contributed by atoms with Gasteiger partial charge in [0.25, 0.3) is 0 Å². The van der Waals surface area contributed by atoms with Gasteiger partial charge in [0.15, 0.2) is 11.9 Å². The van der Waals surface area contributed by atoms with Crippen molar-refractivity contribution in [3.8, 4) is 0 Å². The maximum Gasteiger partial charge on any atom is 0.246 e. The molecule has 10 atom stereocenters. The average Bonchev–Trinajstić information content (AvgIpc) is 1.64. The van der Waals surface area contributed by atoms with Crippen molar-refractivity contribution < 1.29 is 67.4 Å². The Morgan fingerprint density at radius 2 is 0.883 bits per heavy atom. The van der Waals surface area contributed by atoms with Crippen LogP contribution in [0.4, 0.5) is 0 Å². The molecule has 0 aromatic rings. The maximum atomic E-state index is 14.6. The standard InChI is InChI=1S/C61H107N19O14/c1-5-6-7-8-9-10-11-12-13-14-15-26-48(84)72-39(27-28-46(62)82)52(87)77-49(36(2)3)59(94)80-33-20-25-45(80)56(91)76-42(35-81)54(89)74-40(22-17-30-70-61(67)68)58(93)79-32-19-24-44(79)55(90)75-41(34-47(63)83)53(88)73-38(21-16-29-69-60(65)66)51(86)71-37(4)57(92)78-31-18-23-43(78)50(64)85/h36-45,49,81H,5-35H2,1-4H3,(H2,62,82)(H2,63,83)(H2,64,85)(H,71,86)(H,72,84)(H,73,88)(H,74,89)(H,75,90)(H,76,91)(H,77,87)(H4,65,66,69)(H4,67,68,70). The lowest BCUT2D eigenvalue weighted by Crippen LogP contribution is -2.61. The number of hydrogen-bond acceptors (Lipinski definition) is 16. The first-order chi connectivity index (χ1) is 44.6. The van der Waals surface area contributed by atoms with E-state index in [1.807, 2.05) is 0 Å². The highest BCUT2D eigenvalue weighted by Gasteiger charge is 2.43. The Morgan fingerprint density at radius 3 is 1.37 bits per heavy atom. The fourth-order valence-electron chi connectivity index (χ4n) is 11.7. The van der Waals surface area contributed by atoms with E-state index in [9.17, 15) is 67.4 Å². The monoisotopic (exact) mass is 1330 g/mol. The molecule has 33 nitrogen and oxygen atoms in total. The van der Waals surface area contributed by atoms with Crippen molar-refractivity contribution in [1.82, 2.24) is 51.9 Å². The molecule has 530 valence electrons. The number of nitrogens with one attached hydrogen (secondary N) is 7. The normalized spacial score (nSPS) is 18.2. The van der Waals surface area contributed by atoms with Crippen LogP contribution in [0.25, 0.3) is 0 Å². The van der Waals surface area contributed by atoms with Gasteiger partial charge in [-0.15, -0.1) is 0 Å². The number of aliphatic hydroxyl groups is 1. The summed E-state index contributed by atoms with van der Waals surface area (Å²) in [7, 11) is 0. The minimum Gasteiger partial charge on any atom is -0.394 e. The summed E-state index contributed by atoms with van der Waals surface area (Å²) in [5, 5.41) is 28.6. The molecular formula is C61H107N19O14. The Hall–Kier alpha value is -8.39. The number of nitrogens with two attached hydrogens (primary N) is 7. The third kappa shape index (κ3) is 27.7. The zero-order valence-electron chi connectivity index (χ0n) is 55.3. The van der Waals surface area contributed by atoms with Crippen LogP contribution in [-0.2, 0) is 62.3 Å². The molecule has 0 saturated carbocycles. The Kier molecular flexibility index (Phi) is 35.7. The molecule has 3 saturated heterocycles. The summed E-state index contributed by atoms with van der Waals surface area (Å²) in [4.78, 5) is 188. The molecule has 3 heterocycles. The van der Waals surface area contributed by atoms with Gasteiger partial charge >= 0.3 is 0 Å². The number of nitrogens with zero attached hydrogens (tertiary/aromatic N) is 5. The van der Waals surface area contributed by atoms with E-state index in [1.165, 1.54) is 55.2 Å². The van der Waals surface area contributed by atoms with Crippen LogP contribution in [0.2, 0.25) is 0 Å². The van der Waals surface area contributed by atoms with Crippen LogP contribution in [0.3, 0.4) is 0 Å². The van der Waals surface area contributed by atoms with Gasteiger partial charge in [-0.05, 0) is 89.9 Å². The first-order valence-electron chi connectivity index (χ1n) is 33.2. The van der Waals surface area contributed by atoms with Gasteiger partial charge in [-0.3, -0.25) is 72.3 Å². The Morgan fingerprint density at radius 1 is 0.447 bits per heavy atom. The number of aliphatic imine (C=N–C) groups is 2. The first-order valence-corrected chi connectivity index (χ1v) is 33.2. The van der Waals surface area contributed by atoms with Crippen LogP contribution in [-0.4, -0.2) is 208 Å². The van der Waals surface area contributed by atoms with Gasteiger partial charge in [0, 0.05) is 45.6 Å². The minimum absolute atomic E-state index is 0.0150. The average molecular weight is 1330 g/mol. The number of carbonyl (C=O) groups excluding carboxylic acids is 13. The SMILES string of the molecule is CCCCCCCCCCCCCC(=O)NC(CCC(N)=O)C(=O)NC(C(=O)N1CCCC1C(=O)NC(CO)C(=O)NC(CCCN=C(N)N)C(=O)N1CCCC1C(=O)NC(CC(N)=O)C(=O)NC(CCCN=C(N)N)C(=O)NC(C)C(=O)N1CCCC1C(N)=O)C(C)C. The van der Waals surface area contributed by atoms with Gasteiger partial charge in [0.1, 0.15) is 60.4 Å².